The molecule has 0 bridgehead atoms. The molecule has 3 aromatic heterocycles. The van der Waals surface area contributed by atoms with E-state index in [4.69, 9.17) is 4.42 Å². The smallest absolute Gasteiger partial charge is 0.139 e. The summed E-state index contributed by atoms with van der Waals surface area (Å²) in [6.45, 7) is 5.67. The zero-order valence-electron chi connectivity index (χ0n) is 12.4. The predicted molar refractivity (Wildman–Crippen MR) is 85.2 cm³/mol. The lowest BCUT2D eigenvalue weighted by molar-refractivity contribution is 0.614. The molecular formula is C16H17N5O. The Kier molecular flexibility index (Phi) is 3.14. The molecule has 0 aromatic carbocycles. The fourth-order valence-electron chi connectivity index (χ4n) is 2.89. The van der Waals surface area contributed by atoms with Gasteiger partial charge in [-0.1, -0.05) is 0 Å². The number of furan rings is 1. The fourth-order valence-corrected chi connectivity index (χ4v) is 2.89. The van der Waals surface area contributed by atoms with E-state index >= 15 is 0 Å². The maximum Gasteiger partial charge on any atom is 0.139 e. The summed E-state index contributed by atoms with van der Waals surface area (Å²) in [6.07, 6.45) is 5.15. The molecule has 1 aliphatic rings. The average Bonchev–Trinajstić information content (AvgIpc) is 3.04. The van der Waals surface area contributed by atoms with Crippen molar-refractivity contribution < 1.29 is 4.42 Å². The number of hydrogen-bond acceptors (Lipinski definition) is 6. The van der Waals surface area contributed by atoms with Gasteiger partial charge < -0.3 is 14.2 Å². The van der Waals surface area contributed by atoms with Gasteiger partial charge in [0.25, 0.3) is 0 Å². The van der Waals surface area contributed by atoms with Crippen LogP contribution in [-0.2, 0) is 0 Å². The molecule has 0 atom stereocenters. The fraction of sp³-hybridized carbons (Fsp3) is 0.312. The van der Waals surface area contributed by atoms with Crippen LogP contribution in [-0.4, -0.2) is 41.1 Å². The van der Waals surface area contributed by atoms with Crippen LogP contribution in [0.15, 0.2) is 41.4 Å². The molecule has 0 saturated carbocycles. The second-order valence-corrected chi connectivity index (χ2v) is 5.46. The highest BCUT2D eigenvalue weighted by molar-refractivity contribution is 5.88. The summed E-state index contributed by atoms with van der Waals surface area (Å²) in [7, 11) is 0. The minimum atomic E-state index is 0.888. The van der Waals surface area contributed by atoms with Crippen LogP contribution in [0.2, 0.25) is 0 Å². The average molecular weight is 295 g/mol. The van der Waals surface area contributed by atoms with Crippen molar-refractivity contribution in [2.75, 3.05) is 36.0 Å². The number of pyridine rings is 1. The molecular weight excluding hydrogens is 278 g/mol. The van der Waals surface area contributed by atoms with Crippen LogP contribution < -0.4 is 9.80 Å². The lowest BCUT2D eigenvalue weighted by atomic mass is 10.2. The van der Waals surface area contributed by atoms with Gasteiger partial charge in [0.05, 0.1) is 11.6 Å². The van der Waals surface area contributed by atoms with Gasteiger partial charge >= 0.3 is 0 Å². The number of hydrogen-bond donors (Lipinski definition) is 0. The lowest BCUT2D eigenvalue weighted by Gasteiger charge is -2.36. The second kappa shape index (κ2) is 5.29. The molecule has 4 rings (SSSR count). The number of aryl methyl sites for hydroxylation is 1. The minimum Gasteiger partial charge on any atom is -0.464 e. The summed E-state index contributed by atoms with van der Waals surface area (Å²) in [4.78, 5) is 17.7. The quantitative estimate of drug-likeness (QED) is 0.723. The van der Waals surface area contributed by atoms with Crippen molar-refractivity contribution in [2.24, 2.45) is 0 Å². The van der Waals surface area contributed by atoms with Crippen LogP contribution in [0.3, 0.4) is 0 Å². The van der Waals surface area contributed by atoms with Crippen LogP contribution in [0.1, 0.15) is 5.69 Å². The van der Waals surface area contributed by atoms with Crippen LogP contribution in [0.5, 0.6) is 0 Å². The van der Waals surface area contributed by atoms with E-state index in [0.717, 1.165) is 54.5 Å². The third-order valence-electron chi connectivity index (χ3n) is 4.05. The van der Waals surface area contributed by atoms with Gasteiger partial charge in [-0.2, -0.15) is 0 Å². The van der Waals surface area contributed by atoms with Crippen molar-refractivity contribution in [3.05, 3.63) is 42.7 Å². The standard InChI is InChI=1S/C16H17N5O/c1-12-10-15(19-11-18-12)20-5-7-21(8-6-20)16-13-3-9-22-14(13)2-4-17-16/h2-4,9-11H,5-8H2,1H3. The maximum absolute atomic E-state index is 5.46. The summed E-state index contributed by atoms with van der Waals surface area (Å²) in [6, 6.07) is 5.92. The molecule has 0 amide bonds. The molecule has 1 fully saturated rings. The third-order valence-corrected chi connectivity index (χ3v) is 4.05. The number of nitrogens with zero attached hydrogens (tertiary/aromatic N) is 5. The summed E-state index contributed by atoms with van der Waals surface area (Å²) >= 11 is 0. The Morgan fingerprint density at radius 2 is 1.82 bits per heavy atom. The van der Waals surface area contributed by atoms with Gasteiger partial charge in [0.2, 0.25) is 0 Å². The Morgan fingerprint density at radius 3 is 2.64 bits per heavy atom. The Hall–Kier alpha value is -2.63. The molecule has 0 spiro atoms. The SMILES string of the molecule is Cc1cc(N2CCN(c3nccc4occc34)CC2)ncn1. The number of anilines is 2. The summed E-state index contributed by atoms with van der Waals surface area (Å²) in [5.74, 6) is 2.01. The first-order chi connectivity index (χ1) is 10.8. The molecule has 0 aliphatic carbocycles. The molecule has 1 aliphatic heterocycles. The molecule has 0 radical (unpaired) electrons. The Balaban J connectivity index is 1.53. The highest BCUT2D eigenvalue weighted by Crippen LogP contribution is 2.26. The third kappa shape index (κ3) is 2.26. The van der Waals surface area contributed by atoms with Gasteiger partial charge in [-0.3, -0.25) is 0 Å². The van der Waals surface area contributed by atoms with E-state index in [9.17, 15) is 0 Å². The molecule has 0 N–H and O–H groups in total. The first kappa shape index (κ1) is 13.1. The number of rotatable bonds is 2. The lowest BCUT2D eigenvalue weighted by Crippen LogP contribution is -2.47. The monoisotopic (exact) mass is 295 g/mol. The topological polar surface area (TPSA) is 58.3 Å². The van der Waals surface area contributed by atoms with E-state index in [1.54, 1.807) is 18.8 Å². The van der Waals surface area contributed by atoms with E-state index in [0.29, 0.717) is 0 Å². The highest BCUT2D eigenvalue weighted by Gasteiger charge is 2.21. The van der Waals surface area contributed by atoms with Crippen LogP contribution >= 0.6 is 0 Å². The van der Waals surface area contributed by atoms with Gasteiger partial charge in [0.1, 0.15) is 23.5 Å². The summed E-state index contributed by atoms with van der Waals surface area (Å²) in [5.41, 5.74) is 1.89. The molecule has 1 saturated heterocycles. The van der Waals surface area contributed by atoms with E-state index in [1.807, 2.05) is 25.1 Å². The normalized spacial score (nSPS) is 15.5. The van der Waals surface area contributed by atoms with Gasteiger partial charge in [0.15, 0.2) is 0 Å². The van der Waals surface area contributed by atoms with Gasteiger partial charge in [-0.05, 0) is 19.1 Å². The van der Waals surface area contributed by atoms with Crippen LogP contribution in [0.4, 0.5) is 11.6 Å². The maximum atomic E-state index is 5.46. The number of piperazine rings is 1. The molecule has 112 valence electrons. The first-order valence-electron chi connectivity index (χ1n) is 7.42. The van der Waals surface area contributed by atoms with E-state index in [-0.39, 0.29) is 0 Å². The largest absolute Gasteiger partial charge is 0.464 e. The zero-order valence-corrected chi connectivity index (χ0v) is 12.4. The van der Waals surface area contributed by atoms with Crippen molar-refractivity contribution in [3.63, 3.8) is 0 Å². The van der Waals surface area contributed by atoms with Crippen molar-refractivity contribution in [3.8, 4) is 0 Å². The van der Waals surface area contributed by atoms with Gasteiger partial charge in [0, 0.05) is 44.1 Å². The Bertz CT molecular complexity index is 792. The van der Waals surface area contributed by atoms with Crippen molar-refractivity contribution >= 4 is 22.6 Å². The summed E-state index contributed by atoms with van der Waals surface area (Å²) in [5, 5.41) is 1.08. The van der Waals surface area contributed by atoms with E-state index in [2.05, 4.69) is 24.8 Å². The number of fused-ring (bicyclic) bond motifs is 1. The van der Waals surface area contributed by atoms with Crippen molar-refractivity contribution in [2.45, 2.75) is 6.92 Å². The minimum absolute atomic E-state index is 0.888. The molecule has 6 heteroatoms. The second-order valence-electron chi connectivity index (χ2n) is 5.46. The Labute approximate surface area is 128 Å². The molecule has 4 heterocycles. The van der Waals surface area contributed by atoms with Crippen molar-refractivity contribution in [1.29, 1.82) is 0 Å². The van der Waals surface area contributed by atoms with Gasteiger partial charge in [-0.25, -0.2) is 15.0 Å². The van der Waals surface area contributed by atoms with E-state index in [1.165, 1.54) is 0 Å². The predicted octanol–water partition coefficient (Wildman–Crippen LogP) is 2.25. The Morgan fingerprint density at radius 1 is 1.00 bits per heavy atom. The summed E-state index contributed by atoms with van der Waals surface area (Å²) < 4.78 is 5.46. The number of aromatic nitrogens is 3. The highest BCUT2D eigenvalue weighted by atomic mass is 16.3. The zero-order chi connectivity index (χ0) is 14.9. The molecule has 22 heavy (non-hydrogen) atoms. The molecule has 3 aromatic rings. The molecule has 0 unspecified atom stereocenters. The van der Waals surface area contributed by atoms with Crippen LogP contribution in [0, 0.1) is 6.92 Å². The first-order valence-corrected chi connectivity index (χ1v) is 7.42. The van der Waals surface area contributed by atoms with Crippen molar-refractivity contribution in [1.82, 2.24) is 15.0 Å². The van der Waals surface area contributed by atoms with Crippen LogP contribution in [0.25, 0.3) is 11.0 Å². The molecule has 6 nitrogen and oxygen atoms in total. The van der Waals surface area contributed by atoms with Gasteiger partial charge in [-0.15, -0.1) is 0 Å². The van der Waals surface area contributed by atoms with E-state index < -0.39 is 0 Å².